The molecule has 2 unspecified atom stereocenters. The Kier molecular flexibility index (Phi) is 6.31. The van der Waals surface area contributed by atoms with Crippen LogP contribution in [0.15, 0.2) is 51.2 Å². The molecule has 8 nitrogen and oxygen atoms in total. The molecule has 3 N–H and O–H groups in total. The number of carboxylic acid groups (broad SMARTS) is 1. The molecule has 3 aromatic rings. The summed E-state index contributed by atoms with van der Waals surface area (Å²) in [5.74, 6) is -3.26. The van der Waals surface area contributed by atoms with Crippen molar-refractivity contribution in [2.24, 2.45) is 0 Å². The highest BCUT2D eigenvalue weighted by molar-refractivity contribution is 7.91. The van der Waals surface area contributed by atoms with Gasteiger partial charge < -0.3 is 14.7 Å². The van der Waals surface area contributed by atoms with E-state index in [9.17, 15) is 31.5 Å². The van der Waals surface area contributed by atoms with E-state index in [-0.39, 0.29) is 27.8 Å². The van der Waals surface area contributed by atoms with Gasteiger partial charge in [-0.3, -0.25) is 4.79 Å². The molecule has 13 heteroatoms. The van der Waals surface area contributed by atoms with Crippen molar-refractivity contribution >= 4 is 27.3 Å². The lowest BCUT2D eigenvalue weighted by molar-refractivity contribution is -0.155. The second-order valence-electron chi connectivity index (χ2n) is 7.86. The number of halogens is 3. The maximum absolute atomic E-state index is 13.0. The van der Waals surface area contributed by atoms with Gasteiger partial charge in [0.25, 0.3) is 10.0 Å². The fourth-order valence-corrected chi connectivity index (χ4v) is 6.48. The van der Waals surface area contributed by atoms with Gasteiger partial charge in [0.2, 0.25) is 5.76 Å². The summed E-state index contributed by atoms with van der Waals surface area (Å²) in [6.07, 6.45) is -3.71. The molecule has 2 aromatic heterocycles. The number of alkyl halides is 3. The van der Waals surface area contributed by atoms with Gasteiger partial charge in [0.1, 0.15) is 15.4 Å². The van der Waals surface area contributed by atoms with E-state index in [1.807, 2.05) is 6.07 Å². The Bertz CT molecular complexity index is 1320. The van der Waals surface area contributed by atoms with Crippen molar-refractivity contribution in [1.82, 2.24) is 9.88 Å². The normalized spacial score (nSPS) is 20.4. The van der Waals surface area contributed by atoms with Crippen LogP contribution in [0.2, 0.25) is 0 Å². The third kappa shape index (κ3) is 4.60. The zero-order valence-electron chi connectivity index (χ0n) is 17.4. The topological polar surface area (TPSA) is 130 Å². The minimum absolute atomic E-state index is 0.0353. The molecule has 182 valence electrons. The predicted molar refractivity (Wildman–Crippen MR) is 115 cm³/mol. The average Bonchev–Trinajstić information content (AvgIpc) is 3.14. The van der Waals surface area contributed by atoms with Crippen LogP contribution >= 0.6 is 11.3 Å². The van der Waals surface area contributed by atoms with Crippen LogP contribution in [0.5, 0.6) is 0 Å². The Morgan fingerprint density at radius 1 is 1.26 bits per heavy atom. The number of rotatable bonds is 9. The van der Waals surface area contributed by atoms with E-state index in [1.54, 1.807) is 18.2 Å². The lowest BCUT2D eigenvalue weighted by atomic mass is 9.97. The van der Waals surface area contributed by atoms with Gasteiger partial charge in [-0.05, 0) is 42.5 Å². The Balaban J connectivity index is 1.58. The van der Waals surface area contributed by atoms with Gasteiger partial charge >= 0.3 is 12.1 Å². The molecule has 0 spiro atoms. The fraction of sp³-hybridized carbons (Fsp3) is 0.333. The summed E-state index contributed by atoms with van der Waals surface area (Å²) in [6, 6.07) is 10.2. The molecule has 2 heterocycles. The lowest BCUT2D eigenvalue weighted by Crippen LogP contribution is -2.44. The van der Waals surface area contributed by atoms with E-state index in [0.717, 1.165) is 5.56 Å². The number of benzene rings is 1. The summed E-state index contributed by atoms with van der Waals surface area (Å²) in [4.78, 5) is 12.2. The van der Waals surface area contributed by atoms with Gasteiger partial charge in [0.15, 0.2) is 0 Å². The monoisotopic (exact) mass is 516 g/mol. The molecule has 0 saturated heterocycles. The van der Waals surface area contributed by atoms with Crippen molar-refractivity contribution in [3.05, 3.63) is 59.4 Å². The third-order valence-corrected chi connectivity index (χ3v) is 8.69. The fourth-order valence-electron chi connectivity index (χ4n) is 3.82. The van der Waals surface area contributed by atoms with Gasteiger partial charge in [0.05, 0.1) is 4.88 Å². The molecule has 4 rings (SSSR count). The zero-order chi connectivity index (χ0) is 24.7. The van der Waals surface area contributed by atoms with Crippen LogP contribution in [0.4, 0.5) is 13.2 Å². The number of nitrogens with zero attached hydrogens (tertiary/aromatic N) is 1. The second kappa shape index (κ2) is 8.80. The van der Waals surface area contributed by atoms with Crippen molar-refractivity contribution in [2.45, 2.75) is 41.1 Å². The first-order valence-electron chi connectivity index (χ1n) is 10.1. The summed E-state index contributed by atoms with van der Waals surface area (Å²) in [6.45, 7) is -0.0353. The molecule has 1 fully saturated rings. The highest BCUT2D eigenvalue weighted by atomic mass is 32.2. The summed E-state index contributed by atoms with van der Waals surface area (Å²) >= 11 is 0.647. The van der Waals surface area contributed by atoms with Gasteiger partial charge in [-0.1, -0.05) is 29.4 Å². The molecule has 1 aliphatic carbocycles. The van der Waals surface area contributed by atoms with Gasteiger partial charge in [-0.15, -0.1) is 11.3 Å². The zero-order valence-corrected chi connectivity index (χ0v) is 19.0. The molecular weight excluding hydrogens is 497 g/mol. The van der Waals surface area contributed by atoms with Crippen molar-refractivity contribution in [2.75, 3.05) is 6.61 Å². The first kappa shape index (κ1) is 24.4. The van der Waals surface area contributed by atoms with E-state index in [0.29, 0.717) is 35.8 Å². The van der Waals surface area contributed by atoms with E-state index in [4.69, 9.17) is 5.11 Å². The number of aliphatic hydroxyl groups excluding tert-OH is 1. The Hall–Kier alpha value is -2.74. The molecule has 0 aliphatic heterocycles. The molecule has 34 heavy (non-hydrogen) atoms. The predicted octanol–water partition coefficient (Wildman–Crippen LogP) is 3.64. The number of nitrogens with one attached hydrogen (secondary N) is 1. The van der Waals surface area contributed by atoms with E-state index in [2.05, 4.69) is 14.4 Å². The Labute approximate surface area is 196 Å². The molecule has 2 atom stereocenters. The highest BCUT2D eigenvalue weighted by Crippen LogP contribution is 2.53. The smallest absolute Gasteiger partial charge is 0.452 e. The molecule has 0 radical (unpaired) electrons. The highest BCUT2D eigenvalue weighted by Gasteiger charge is 2.63. The van der Waals surface area contributed by atoms with Crippen LogP contribution < -0.4 is 4.72 Å². The van der Waals surface area contributed by atoms with Crippen LogP contribution in [0.1, 0.15) is 35.6 Å². The summed E-state index contributed by atoms with van der Waals surface area (Å²) in [5, 5.41) is 22.3. The van der Waals surface area contributed by atoms with Gasteiger partial charge in [-0.25, -0.2) is 8.42 Å². The SMILES string of the molecule is O=C(O)C1(NS(=O)(=O)c2ccc(-c3cc(C(F)(F)F)on3)s2)CC1c1ccccc1CCCO. The number of sulfonamides is 1. The second-order valence-corrected chi connectivity index (χ2v) is 10.9. The largest absolute Gasteiger partial charge is 0.480 e. The van der Waals surface area contributed by atoms with Crippen LogP contribution in [-0.2, 0) is 27.4 Å². The van der Waals surface area contributed by atoms with Crippen molar-refractivity contribution in [1.29, 1.82) is 0 Å². The van der Waals surface area contributed by atoms with Crippen molar-refractivity contribution in [3.8, 4) is 10.6 Å². The summed E-state index contributed by atoms with van der Waals surface area (Å²) in [7, 11) is -4.31. The van der Waals surface area contributed by atoms with Crippen LogP contribution in [0.3, 0.4) is 0 Å². The van der Waals surface area contributed by atoms with Crippen LogP contribution in [0.25, 0.3) is 10.6 Å². The quantitative estimate of drug-likeness (QED) is 0.396. The van der Waals surface area contributed by atoms with Gasteiger partial charge in [0, 0.05) is 18.6 Å². The molecule has 1 aliphatic rings. The van der Waals surface area contributed by atoms with E-state index in [1.165, 1.54) is 12.1 Å². The van der Waals surface area contributed by atoms with E-state index >= 15 is 0 Å². The van der Waals surface area contributed by atoms with Crippen LogP contribution in [-0.4, -0.2) is 41.9 Å². The first-order chi connectivity index (χ1) is 16.0. The Morgan fingerprint density at radius 2 is 2.00 bits per heavy atom. The number of aromatic nitrogens is 1. The number of thiophene rings is 1. The average molecular weight is 517 g/mol. The first-order valence-corrected chi connectivity index (χ1v) is 12.4. The summed E-state index contributed by atoms with van der Waals surface area (Å²) < 4.78 is 70.6. The molecule has 1 aromatic carbocycles. The Morgan fingerprint density at radius 3 is 2.65 bits per heavy atom. The van der Waals surface area contributed by atoms with Crippen LogP contribution in [0, 0.1) is 0 Å². The molecular formula is C21H19F3N2O6S2. The number of carboxylic acids is 1. The summed E-state index contributed by atoms with van der Waals surface area (Å²) in [5.41, 5.74) is -0.423. The van der Waals surface area contributed by atoms with Gasteiger partial charge in [-0.2, -0.15) is 17.9 Å². The third-order valence-electron chi connectivity index (χ3n) is 5.58. The number of hydrogen-bond acceptors (Lipinski definition) is 7. The maximum atomic E-state index is 13.0. The van der Waals surface area contributed by atoms with Crippen molar-refractivity contribution < 1.29 is 41.1 Å². The standard InChI is InChI=1S/C21H19F3N2O6S2/c22-21(23,24)17-10-15(25-32-17)16-7-8-18(33-16)34(30,31)26-20(19(28)29)11-14(20)13-6-2-1-4-12(13)5-3-9-27/h1-2,4,6-8,10,14,26-27H,3,5,9,11H2,(H,28,29). The number of aliphatic carboxylic acids is 1. The molecule has 0 amide bonds. The number of hydrogen-bond donors (Lipinski definition) is 3. The minimum atomic E-state index is -4.73. The van der Waals surface area contributed by atoms with E-state index < -0.39 is 39.4 Å². The number of aliphatic hydroxyl groups is 1. The lowest BCUT2D eigenvalue weighted by Gasteiger charge is -2.16. The maximum Gasteiger partial charge on any atom is 0.452 e. The molecule has 0 bridgehead atoms. The number of carbonyl (C=O) groups is 1. The van der Waals surface area contributed by atoms with Crippen molar-refractivity contribution in [3.63, 3.8) is 0 Å². The minimum Gasteiger partial charge on any atom is -0.480 e. The number of aryl methyl sites for hydroxylation is 1. The molecule has 1 saturated carbocycles.